The standard InChI is InChI=1S/C15H19N5O.ClH/c1-3-10(2)13(16)15(21)20-19-9-11-5-4-6-12-14(11)18-8-7-17-12;/h4-10,13H,3,16H2,1-2H3,(H,20,21);1H/t10?,13-;/m1./s1. The van der Waals surface area contributed by atoms with Crippen LogP contribution in [0.1, 0.15) is 25.8 Å². The molecule has 0 bridgehead atoms. The summed E-state index contributed by atoms with van der Waals surface area (Å²) in [7, 11) is 0. The first-order chi connectivity index (χ1) is 10.1. The molecule has 0 spiro atoms. The molecule has 0 radical (unpaired) electrons. The van der Waals surface area contributed by atoms with E-state index in [1.54, 1.807) is 18.6 Å². The van der Waals surface area contributed by atoms with Gasteiger partial charge in [-0.1, -0.05) is 32.4 Å². The van der Waals surface area contributed by atoms with Crippen molar-refractivity contribution in [3.05, 3.63) is 36.2 Å². The molecule has 1 aromatic carbocycles. The van der Waals surface area contributed by atoms with Gasteiger partial charge in [-0.3, -0.25) is 14.8 Å². The van der Waals surface area contributed by atoms with Crippen molar-refractivity contribution in [3.63, 3.8) is 0 Å². The molecular formula is C15H20ClN5O. The van der Waals surface area contributed by atoms with Crippen LogP contribution in [0.5, 0.6) is 0 Å². The number of halogens is 1. The zero-order valence-corrected chi connectivity index (χ0v) is 13.4. The maximum absolute atomic E-state index is 11.8. The second kappa shape index (κ2) is 8.41. The summed E-state index contributed by atoms with van der Waals surface area (Å²) in [4.78, 5) is 20.3. The maximum Gasteiger partial charge on any atom is 0.257 e. The van der Waals surface area contributed by atoms with Gasteiger partial charge < -0.3 is 5.73 Å². The number of hydrazone groups is 1. The van der Waals surface area contributed by atoms with Crippen molar-refractivity contribution in [2.24, 2.45) is 16.8 Å². The number of para-hydroxylation sites is 1. The van der Waals surface area contributed by atoms with Crippen molar-refractivity contribution in [2.45, 2.75) is 26.3 Å². The smallest absolute Gasteiger partial charge is 0.257 e. The zero-order chi connectivity index (χ0) is 15.2. The monoisotopic (exact) mass is 321 g/mol. The number of nitrogens with zero attached hydrogens (tertiary/aromatic N) is 3. The molecule has 6 nitrogen and oxygen atoms in total. The molecule has 0 saturated carbocycles. The maximum atomic E-state index is 11.8. The van der Waals surface area contributed by atoms with E-state index in [1.165, 1.54) is 0 Å². The Morgan fingerprint density at radius 1 is 1.41 bits per heavy atom. The number of aromatic nitrogens is 2. The third kappa shape index (κ3) is 4.22. The molecule has 1 heterocycles. The van der Waals surface area contributed by atoms with Gasteiger partial charge >= 0.3 is 0 Å². The highest BCUT2D eigenvalue weighted by Crippen LogP contribution is 2.11. The molecule has 0 saturated heterocycles. The van der Waals surface area contributed by atoms with E-state index in [-0.39, 0.29) is 24.2 Å². The van der Waals surface area contributed by atoms with Crippen molar-refractivity contribution in [1.29, 1.82) is 0 Å². The number of hydrogen-bond donors (Lipinski definition) is 2. The lowest BCUT2D eigenvalue weighted by molar-refractivity contribution is -0.123. The second-order valence-corrected chi connectivity index (χ2v) is 4.92. The average Bonchev–Trinajstić information content (AvgIpc) is 2.53. The van der Waals surface area contributed by atoms with Gasteiger partial charge in [-0.2, -0.15) is 5.10 Å². The molecule has 0 aliphatic heterocycles. The fourth-order valence-corrected chi connectivity index (χ4v) is 1.87. The van der Waals surface area contributed by atoms with Crippen LogP contribution < -0.4 is 11.2 Å². The number of rotatable bonds is 5. The average molecular weight is 322 g/mol. The minimum atomic E-state index is -0.556. The first-order valence-electron chi connectivity index (χ1n) is 6.91. The molecule has 2 aromatic rings. The molecule has 0 aliphatic rings. The first-order valence-corrected chi connectivity index (χ1v) is 6.91. The van der Waals surface area contributed by atoms with Crippen LogP contribution >= 0.6 is 12.4 Å². The van der Waals surface area contributed by atoms with Crippen LogP contribution in [-0.4, -0.2) is 28.1 Å². The summed E-state index contributed by atoms with van der Waals surface area (Å²) in [6.45, 7) is 3.93. The highest BCUT2D eigenvalue weighted by molar-refractivity contribution is 5.96. The molecule has 2 atom stereocenters. The lowest BCUT2D eigenvalue weighted by Gasteiger charge is -2.15. The largest absolute Gasteiger partial charge is 0.320 e. The fraction of sp³-hybridized carbons (Fsp3) is 0.333. The van der Waals surface area contributed by atoms with Crippen LogP contribution in [-0.2, 0) is 4.79 Å². The molecule has 1 unspecified atom stereocenters. The Kier molecular flexibility index (Phi) is 6.88. The van der Waals surface area contributed by atoms with Gasteiger partial charge in [0.25, 0.3) is 5.91 Å². The van der Waals surface area contributed by atoms with E-state index in [9.17, 15) is 4.79 Å². The molecule has 1 aromatic heterocycles. The van der Waals surface area contributed by atoms with Gasteiger partial charge in [0.05, 0.1) is 23.3 Å². The van der Waals surface area contributed by atoms with Crippen LogP contribution in [0.2, 0.25) is 0 Å². The number of benzene rings is 1. The second-order valence-electron chi connectivity index (χ2n) is 4.92. The van der Waals surface area contributed by atoms with E-state index in [1.807, 2.05) is 32.0 Å². The van der Waals surface area contributed by atoms with Gasteiger partial charge in [-0.05, 0) is 12.0 Å². The number of nitrogens with two attached hydrogens (primary N) is 1. The minimum absolute atomic E-state index is 0. The number of hydrogen-bond acceptors (Lipinski definition) is 5. The molecule has 7 heteroatoms. The van der Waals surface area contributed by atoms with Crippen LogP contribution in [0.15, 0.2) is 35.7 Å². The molecule has 0 fully saturated rings. The fourth-order valence-electron chi connectivity index (χ4n) is 1.87. The SMILES string of the molecule is CCC(C)[C@@H](N)C(=O)NN=Cc1cccc2nccnc12.Cl. The summed E-state index contributed by atoms with van der Waals surface area (Å²) < 4.78 is 0. The lowest BCUT2D eigenvalue weighted by Crippen LogP contribution is -2.42. The Morgan fingerprint density at radius 2 is 2.14 bits per heavy atom. The summed E-state index contributed by atoms with van der Waals surface area (Å²) in [5.41, 5.74) is 10.6. The van der Waals surface area contributed by atoms with Crippen molar-refractivity contribution in [3.8, 4) is 0 Å². The Bertz CT molecular complexity index is 656. The van der Waals surface area contributed by atoms with Crippen molar-refractivity contribution in [1.82, 2.24) is 15.4 Å². The summed E-state index contributed by atoms with van der Waals surface area (Å²) in [6, 6.07) is 5.04. The third-order valence-corrected chi connectivity index (χ3v) is 3.47. The Hall–Kier alpha value is -2.05. The number of amides is 1. The van der Waals surface area contributed by atoms with Crippen molar-refractivity contribution < 1.29 is 4.79 Å². The van der Waals surface area contributed by atoms with E-state index in [4.69, 9.17) is 5.73 Å². The van der Waals surface area contributed by atoms with Crippen LogP contribution in [0.25, 0.3) is 11.0 Å². The molecule has 3 N–H and O–H groups in total. The summed E-state index contributed by atoms with van der Waals surface area (Å²) in [6.07, 6.45) is 5.66. The summed E-state index contributed by atoms with van der Waals surface area (Å²) >= 11 is 0. The minimum Gasteiger partial charge on any atom is -0.320 e. The molecule has 0 aliphatic carbocycles. The van der Waals surface area contributed by atoms with E-state index < -0.39 is 6.04 Å². The normalized spacial score (nSPS) is 13.6. The summed E-state index contributed by atoms with van der Waals surface area (Å²) in [5, 5.41) is 3.96. The van der Waals surface area contributed by atoms with E-state index >= 15 is 0 Å². The lowest BCUT2D eigenvalue weighted by atomic mass is 10.00. The van der Waals surface area contributed by atoms with Crippen LogP contribution in [0, 0.1) is 5.92 Å². The number of carbonyl (C=O) groups is 1. The van der Waals surface area contributed by atoms with Gasteiger partial charge in [0.2, 0.25) is 0 Å². The van der Waals surface area contributed by atoms with E-state index in [2.05, 4.69) is 20.5 Å². The molecule has 22 heavy (non-hydrogen) atoms. The topological polar surface area (TPSA) is 93.3 Å². The van der Waals surface area contributed by atoms with Gasteiger partial charge in [0, 0.05) is 18.0 Å². The highest BCUT2D eigenvalue weighted by atomic mass is 35.5. The number of fused-ring (bicyclic) bond motifs is 1. The zero-order valence-electron chi connectivity index (χ0n) is 12.6. The number of carbonyl (C=O) groups excluding carboxylic acids is 1. The van der Waals surface area contributed by atoms with Gasteiger partial charge in [-0.15, -0.1) is 12.4 Å². The van der Waals surface area contributed by atoms with E-state index in [0.717, 1.165) is 23.0 Å². The van der Waals surface area contributed by atoms with E-state index in [0.29, 0.717) is 0 Å². The summed E-state index contributed by atoms with van der Waals surface area (Å²) in [5.74, 6) is -0.171. The predicted molar refractivity (Wildman–Crippen MR) is 90.0 cm³/mol. The molecular weight excluding hydrogens is 302 g/mol. The predicted octanol–water partition coefficient (Wildman–Crippen LogP) is 1.88. The number of nitrogens with one attached hydrogen (secondary N) is 1. The van der Waals surface area contributed by atoms with Crippen LogP contribution in [0.3, 0.4) is 0 Å². The van der Waals surface area contributed by atoms with Gasteiger partial charge in [0.1, 0.15) is 0 Å². The van der Waals surface area contributed by atoms with Crippen LogP contribution in [0.4, 0.5) is 0 Å². The first kappa shape index (κ1) is 18.0. The van der Waals surface area contributed by atoms with Gasteiger partial charge in [-0.25, -0.2) is 5.43 Å². The Balaban J connectivity index is 0.00000242. The third-order valence-electron chi connectivity index (χ3n) is 3.47. The van der Waals surface area contributed by atoms with Gasteiger partial charge in [0.15, 0.2) is 0 Å². The quantitative estimate of drug-likeness (QED) is 0.649. The van der Waals surface area contributed by atoms with Crippen molar-refractivity contribution in [2.75, 3.05) is 0 Å². The Labute approximate surface area is 135 Å². The Morgan fingerprint density at radius 3 is 2.86 bits per heavy atom. The highest BCUT2D eigenvalue weighted by Gasteiger charge is 2.18. The molecule has 118 valence electrons. The molecule has 2 rings (SSSR count). The van der Waals surface area contributed by atoms with Crippen molar-refractivity contribution >= 4 is 35.6 Å². The molecule has 1 amide bonds.